The molecule has 0 heterocycles. The SMILES string of the molecule is CNCc1ccc(OC2CCC(C)C(C)C2)c(Br)c1. The first-order valence-corrected chi connectivity index (χ1v) is 7.99. The molecule has 1 fully saturated rings. The smallest absolute Gasteiger partial charge is 0.133 e. The van der Waals surface area contributed by atoms with Gasteiger partial charge in [-0.05, 0) is 71.8 Å². The molecule has 1 aromatic carbocycles. The van der Waals surface area contributed by atoms with Crippen LogP contribution in [0.3, 0.4) is 0 Å². The molecule has 0 bridgehead atoms. The number of hydrogen-bond donors (Lipinski definition) is 1. The van der Waals surface area contributed by atoms with Crippen LogP contribution in [0.15, 0.2) is 22.7 Å². The lowest BCUT2D eigenvalue weighted by molar-refractivity contribution is 0.0999. The summed E-state index contributed by atoms with van der Waals surface area (Å²) >= 11 is 3.62. The number of benzene rings is 1. The zero-order valence-corrected chi connectivity index (χ0v) is 13.7. The molecule has 19 heavy (non-hydrogen) atoms. The quantitative estimate of drug-likeness (QED) is 0.887. The van der Waals surface area contributed by atoms with Crippen molar-refractivity contribution in [2.75, 3.05) is 7.05 Å². The molecular formula is C16H24BrNO. The van der Waals surface area contributed by atoms with Gasteiger partial charge in [-0.3, -0.25) is 0 Å². The van der Waals surface area contributed by atoms with Crippen molar-refractivity contribution < 1.29 is 4.74 Å². The molecule has 3 atom stereocenters. The maximum atomic E-state index is 6.17. The van der Waals surface area contributed by atoms with E-state index in [0.29, 0.717) is 6.10 Å². The molecule has 2 nitrogen and oxygen atoms in total. The van der Waals surface area contributed by atoms with Crippen molar-refractivity contribution in [3.05, 3.63) is 28.2 Å². The van der Waals surface area contributed by atoms with Gasteiger partial charge in [-0.1, -0.05) is 19.9 Å². The van der Waals surface area contributed by atoms with Crippen molar-refractivity contribution in [3.8, 4) is 5.75 Å². The fraction of sp³-hybridized carbons (Fsp3) is 0.625. The average Bonchev–Trinajstić information content (AvgIpc) is 2.37. The molecule has 0 saturated heterocycles. The first kappa shape index (κ1) is 14.9. The second-order valence-electron chi connectivity index (χ2n) is 5.80. The summed E-state index contributed by atoms with van der Waals surface area (Å²) in [5, 5.41) is 3.16. The summed E-state index contributed by atoms with van der Waals surface area (Å²) in [5.41, 5.74) is 1.27. The van der Waals surface area contributed by atoms with Gasteiger partial charge in [-0.25, -0.2) is 0 Å². The highest BCUT2D eigenvalue weighted by molar-refractivity contribution is 9.10. The molecule has 0 aliphatic heterocycles. The standard InChI is InChI=1S/C16H24BrNO/c1-11-4-6-14(8-12(11)2)19-16-7-5-13(10-18-3)9-15(16)17/h5,7,9,11-12,14,18H,4,6,8,10H2,1-3H3. The summed E-state index contributed by atoms with van der Waals surface area (Å²) in [6.45, 7) is 5.57. The molecule has 0 amide bonds. The van der Waals surface area contributed by atoms with E-state index in [1.807, 2.05) is 7.05 Å². The van der Waals surface area contributed by atoms with Crippen LogP contribution in [0.5, 0.6) is 5.75 Å². The Balaban J connectivity index is 1.99. The van der Waals surface area contributed by atoms with Gasteiger partial charge in [0.25, 0.3) is 0 Å². The molecule has 1 aliphatic carbocycles. The molecule has 0 spiro atoms. The van der Waals surface area contributed by atoms with Crippen LogP contribution in [0.25, 0.3) is 0 Å². The zero-order chi connectivity index (χ0) is 13.8. The third-order valence-corrected chi connectivity index (χ3v) is 4.84. The Hall–Kier alpha value is -0.540. The van der Waals surface area contributed by atoms with Crippen LogP contribution in [0, 0.1) is 11.8 Å². The predicted octanol–water partition coefficient (Wildman–Crippen LogP) is 4.37. The van der Waals surface area contributed by atoms with E-state index in [4.69, 9.17) is 4.74 Å². The Labute approximate surface area is 125 Å². The van der Waals surface area contributed by atoms with Crippen molar-refractivity contribution in [2.24, 2.45) is 11.8 Å². The maximum absolute atomic E-state index is 6.17. The van der Waals surface area contributed by atoms with E-state index in [9.17, 15) is 0 Å². The second-order valence-corrected chi connectivity index (χ2v) is 6.66. The van der Waals surface area contributed by atoms with Crippen LogP contribution in [-0.2, 0) is 6.54 Å². The van der Waals surface area contributed by atoms with Crippen molar-refractivity contribution in [1.82, 2.24) is 5.32 Å². The lowest BCUT2D eigenvalue weighted by atomic mass is 9.80. The van der Waals surface area contributed by atoms with Crippen molar-refractivity contribution >= 4 is 15.9 Å². The fourth-order valence-corrected chi connectivity index (χ4v) is 3.26. The van der Waals surface area contributed by atoms with Crippen molar-refractivity contribution in [1.29, 1.82) is 0 Å². The van der Waals surface area contributed by atoms with Gasteiger partial charge < -0.3 is 10.1 Å². The predicted molar refractivity (Wildman–Crippen MR) is 83.5 cm³/mol. The number of ether oxygens (including phenoxy) is 1. The minimum atomic E-state index is 0.373. The van der Waals surface area contributed by atoms with Gasteiger partial charge in [0.1, 0.15) is 5.75 Å². The Bertz CT molecular complexity index is 421. The summed E-state index contributed by atoms with van der Waals surface area (Å²) < 4.78 is 7.23. The van der Waals surface area contributed by atoms with Crippen LogP contribution in [0.4, 0.5) is 0 Å². The molecule has 3 unspecified atom stereocenters. The lowest BCUT2D eigenvalue weighted by Gasteiger charge is -2.32. The van der Waals surface area contributed by atoms with E-state index in [2.05, 4.69) is 53.3 Å². The maximum Gasteiger partial charge on any atom is 0.133 e. The number of hydrogen-bond acceptors (Lipinski definition) is 2. The van der Waals surface area contributed by atoms with E-state index in [1.54, 1.807) is 0 Å². The summed E-state index contributed by atoms with van der Waals surface area (Å²) in [4.78, 5) is 0. The van der Waals surface area contributed by atoms with Crippen LogP contribution in [-0.4, -0.2) is 13.2 Å². The molecular weight excluding hydrogens is 302 g/mol. The van der Waals surface area contributed by atoms with Crippen LogP contribution < -0.4 is 10.1 Å². The van der Waals surface area contributed by atoms with Gasteiger partial charge in [0.15, 0.2) is 0 Å². The normalized spacial score (nSPS) is 27.3. The molecule has 1 saturated carbocycles. The van der Waals surface area contributed by atoms with E-state index in [1.165, 1.54) is 24.8 Å². The van der Waals surface area contributed by atoms with Crippen LogP contribution in [0.1, 0.15) is 38.7 Å². The Morgan fingerprint density at radius 3 is 2.68 bits per heavy atom. The Morgan fingerprint density at radius 1 is 1.26 bits per heavy atom. The molecule has 3 heteroatoms. The lowest BCUT2D eigenvalue weighted by Crippen LogP contribution is -2.28. The molecule has 0 aromatic heterocycles. The monoisotopic (exact) mass is 325 g/mol. The number of halogens is 1. The Kier molecular flexibility index (Phi) is 5.28. The van der Waals surface area contributed by atoms with Gasteiger partial charge in [0.2, 0.25) is 0 Å². The molecule has 106 valence electrons. The van der Waals surface area contributed by atoms with Gasteiger partial charge >= 0.3 is 0 Å². The first-order valence-electron chi connectivity index (χ1n) is 7.19. The second kappa shape index (κ2) is 6.76. The molecule has 1 aromatic rings. The molecule has 1 aliphatic rings. The van der Waals surface area contributed by atoms with Gasteiger partial charge in [-0.2, -0.15) is 0 Å². The molecule has 2 rings (SSSR count). The van der Waals surface area contributed by atoms with Crippen LogP contribution >= 0.6 is 15.9 Å². The number of rotatable bonds is 4. The van der Waals surface area contributed by atoms with E-state index < -0.39 is 0 Å². The van der Waals surface area contributed by atoms with Crippen molar-refractivity contribution in [3.63, 3.8) is 0 Å². The zero-order valence-electron chi connectivity index (χ0n) is 12.1. The highest BCUT2D eigenvalue weighted by atomic mass is 79.9. The summed E-state index contributed by atoms with van der Waals surface area (Å²) in [6.07, 6.45) is 4.00. The van der Waals surface area contributed by atoms with Gasteiger partial charge in [0, 0.05) is 6.54 Å². The van der Waals surface area contributed by atoms with Gasteiger partial charge in [-0.15, -0.1) is 0 Å². The highest BCUT2D eigenvalue weighted by Gasteiger charge is 2.26. The average molecular weight is 326 g/mol. The summed E-state index contributed by atoms with van der Waals surface area (Å²) in [5.74, 6) is 2.58. The fourth-order valence-electron chi connectivity index (χ4n) is 2.74. The molecule has 1 N–H and O–H groups in total. The van der Waals surface area contributed by atoms with Crippen molar-refractivity contribution in [2.45, 2.75) is 45.8 Å². The Morgan fingerprint density at radius 2 is 2.05 bits per heavy atom. The van der Waals surface area contributed by atoms with Crippen LogP contribution in [0.2, 0.25) is 0 Å². The summed E-state index contributed by atoms with van der Waals surface area (Å²) in [6, 6.07) is 6.35. The van der Waals surface area contributed by atoms with E-state index in [-0.39, 0.29) is 0 Å². The first-order chi connectivity index (χ1) is 9.10. The third-order valence-electron chi connectivity index (χ3n) is 4.22. The topological polar surface area (TPSA) is 21.3 Å². The van der Waals surface area contributed by atoms with E-state index in [0.717, 1.165) is 28.6 Å². The van der Waals surface area contributed by atoms with Gasteiger partial charge in [0.05, 0.1) is 10.6 Å². The number of nitrogens with one attached hydrogen (secondary N) is 1. The third kappa shape index (κ3) is 3.96. The minimum Gasteiger partial charge on any atom is -0.489 e. The minimum absolute atomic E-state index is 0.373. The van der Waals surface area contributed by atoms with E-state index >= 15 is 0 Å². The largest absolute Gasteiger partial charge is 0.489 e. The molecule has 0 radical (unpaired) electrons. The highest BCUT2D eigenvalue weighted by Crippen LogP contribution is 2.34. The summed E-state index contributed by atoms with van der Waals surface area (Å²) in [7, 11) is 1.96.